The fourth-order valence-electron chi connectivity index (χ4n) is 1.54. The molecule has 0 aliphatic rings. The van der Waals surface area contributed by atoms with Crippen LogP contribution in [0.1, 0.15) is 25.3 Å². The van der Waals surface area contributed by atoms with Gasteiger partial charge in [0.1, 0.15) is 0 Å². The monoisotopic (exact) mass is 240 g/mol. The van der Waals surface area contributed by atoms with E-state index in [9.17, 15) is 9.18 Å². The zero-order valence-electron chi connectivity index (χ0n) is 10.2. The first-order chi connectivity index (χ1) is 8.17. The second-order valence-electron chi connectivity index (χ2n) is 3.63. The van der Waals surface area contributed by atoms with E-state index < -0.39 is 0 Å². The van der Waals surface area contributed by atoms with Crippen molar-refractivity contribution in [1.82, 2.24) is 0 Å². The Labute approximate surface area is 101 Å². The Bertz CT molecular complexity index is 377. The Hall–Kier alpha value is -1.58. The zero-order chi connectivity index (χ0) is 12.7. The summed E-state index contributed by atoms with van der Waals surface area (Å²) in [7, 11) is 1.43. The highest BCUT2D eigenvalue weighted by molar-refractivity contribution is 5.69. The van der Waals surface area contributed by atoms with E-state index in [1.54, 1.807) is 19.1 Å². The van der Waals surface area contributed by atoms with E-state index in [1.807, 2.05) is 0 Å². The van der Waals surface area contributed by atoms with Crippen molar-refractivity contribution in [3.63, 3.8) is 0 Å². The van der Waals surface area contributed by atoms with E-state index in [2.05, 4.69) is 0 Å². The lowest BCUT2D eigenvalue weighted by molar-refractivity contribution is -0.143. The predicted molar refractivity (Wildman–Crippen MR) is 62.5 cm³/mol. The van der Waals surface area contributed by atoms with Gasteiger partial charge >= 0.3 is 5.97 Å². The van der Waals surface area contributed by atoms with Crippen LogP contribution in [0.2, 0.25) is 0 Å². The molecule has 0 amide bonds. The summed E-state index contributed by atoms with van der Waals surface area (Å²) in [5.41, 5.74) is 0.854. The van der Waals surface area contributed by atoms with Crippen molar-refractivity contribution >= 4 is 5.97 Å². The van der Waals surface area contributed by atoms with Gasteiger partial charge in [0.25, 0.3) is 0 Å². The van der Waals surface area contributed by atoms with Crippen molar-refractivity contribution in [2.45, 2.75) is 26.2 Å². The number of esters is 1. The first-order valence-corrected chi connectivity index (χ1v) is 5.65. The second kappa shape index (κ2) is 6.89. The molecule has 1 rings (SSSR count). The lowest BCUT2D eigenvalue weighted by Crippen LogP contribution is -2.04. The molecule has 1 aromatic rings. The molecule has 0 N–H and O–H groups in total. The maximum atomic E-state index is 13.3. The number of halogens is 1. The van der Waals surface area contributed by atoms with Crippen molar-refractivity contribution in [3.8, 4) is 5.75 Å². The van der Waals surface area contributed by atoms with Crippen molar-refractivity contribution in [1.29, 1.82) is 0 Å². The fraction of sp³-hybridized carbons (Fsp3) is 0.462. The third-order valence-corrected chi connectivity index (χ3v) is 2.37. The van der Waals surface area contributed by atoms with Crippen LogP contribution in [0.25, 0.3) is 0 Å². The van der Waals surface area contributed by atoms with Crippen LogP contribution in [0.3, 0.4) is 0 Å². The molecule has 0 bridgehead atoms. The number of methoxy groups -OCH3 is 1. The van der Waals surface area contributed by atoms with Gasteiger partial charge in [-0.1, -0.05) is 6.07 Å². The number of carbonyl (C=O) groups is 1. The molecule has 0 radical (unpaired) electrons. The topological polar surface area (TPSA) is 35.5 Å². The molecule has 0 saturated carbocycles. The van der Waals surface area contributed by atoms with E-state index in [-0.39, 0.29) is 17.5 Å². The molecular weight excluding hydrogens is 223 g/mol. The van der Waals surface area contributed by atoms with Crippen LogP contribution in [-0.2, 0) is 16.0 Å². The van der Waals surface area contributed by atoms with Crippen LogP contribution in [-0.4, -0.2) is 19.7 Å². The number of hydrogen-bond acceptors (Lipinski definition) is 3. The van der Waals surface area contributed by atoms with Crippen LogP contribution in [0.15, 0.2) is 18.2 Å². The fourth-order valence-corrected chi connectivity index (χ4v) is 1.54. The van der Waals surface area contributed by atoms with Gasteiger partial charge in [-0.3, -0.25) is 4.79 Å². The Morgan fingerprint density at radius 2 is 2.18 bits per heavy atom. The summed E-state index contributed by atoms with van der Waals surface area (Å²) in [6.45, 7) is 2.17. The number of rotatable bonds is 6. The second-order valence-corrected chi connectivity index (χ2v) is 3.63. The molecule has 94 valence electrons. The van der Waals surface area contributed by atoms with E-state index >= 15 is 0 Å². The van der Waals surface area contributed by atoms with Gasteiger partial charge in [-0.25, -0.2) is 4.39 Å². The maximum Gasteiger partial charge on any atom is 0.305 e. The summed E-state index contributed by atoms with van der Waals surface area (Å²) in [6.07, 6.45) is 1.67. The molecule has 0 heterocycles. The van der Waals surface area contributed by atoms with Gasteiger partial charge < -0.3 is 9.47 Å². The number of benzene rings is 1. The number of ether oxygens (including phenoxy) is 2. The maximum absolute atomic E-state index is 13.3. The molecule has 0 fully saturated rings. The van der Waals surface area contributed by atoms with Crippen molar-refractivity contribution in [2.75, 3.05) is 13.7 Å². The quantitative estimate of drug-likeness (QED) is 0.717. The van der Waals surface area contributed by atoms with Crippen LogP contribution in [0.5, 0.6) is 5.75 Å². The van der Waals surface area contributed by atoms with E-state index in [0.29, 0.717) is 25.9 Å². The van der Waals surface area contributed by atoms with Crippen LogP contribution >= 0.6 is 0 Å². The Morgan fingerprint density at radius 3 is 2.76 bits per heavy atom. The summed E-state index contributed by atoms with van der Waals surface area (Å²) in [5.74, 6) is -0.346. The molecule has 3 nitrogen and oxygen atoms in total. The van der Waals surface area contributed by atoms with Gasteiger partial charge in [-0.15, -0.1) is 0 Å². The minimum Gasteiger partial charge on any atom is -0.494 e. The minimum absolute atomic E-state index is 0.207. The summed E-state index contributed by atoms with van der Waals surface area (Å²) < 4.78 is 23.0. The van der Waals surface area contributed by atoms with Gasteiger partial charge in [0.15, 0.2) is 11.6 Å². The van der Waals surface area contributed by atoms with Gasteiger partial charge in [-0.2, -0.15) is 0 Å². The van der Waals surface area contributed by atoms with E-state index in [4.69, 9.17) is 9.47 Å². The van der Waals surface area contributed by atoms with E-state index in [0.717, 1.165) is 5.56 Å². The van der Waals surface area contributed by atoms with Crippen molar-refractivity contribution < 1.29 is 18.7 Å². The van der Waals surface area contributed by atoms with E-state index in [1.165, 1.54) is 13.2 Å². The summed E-state index contributed by atoms with van der Waals surface area (Å²) in [4.78, 5) is 11.1. The molecule has 0 aromatic heterocycles. The summed E-state index contributed by atoms with van der Waals surface area (Å²) >= 11 is 0. The number of aryl methyl sites for hydroxylation is 1. The predicted octanol–water partition coefficient (Wildman–Crippen LogP) is 2.72. The Balaban J connectivity index is 2.42. The molecule has 17 heavy (non-hydrogen) atoms. The SMILES string of the molecule is CCOC(=O)CCCc1ccc(OC)c(F)c1. The van der Waals surface area contributed by atoms with Gasteiger partial charge in [0.05, 0.1) is 13.7 Å². The largest absolute Gasteiger partial charge is 0.494 e. The molecule has 0 atom stereocenters. The Kier molecular flexibility index (Phi) is 5.46. The summed E-state index contributed by atoms with van der Waals surface area (Å²) in [5, 5.41) is 0. The molecule has 4 heteroatoms. The smallest absolute Gasteiger partial charge is 0.305 e. The van der Waals surface area contributed by atoms with Crippen LogP contribution in [0.4, 0.5) is 4.39 Å². The first-order valence-electron chi connectivity index (χ1n) is 5.65. The molecule has 1 aromatic carbocycles. The van der Waals surface area contributed by atoms with Crippen LogP contribution < -0.4 is 4.74 Å². The van der Waals surface area contributed by atoms with Crippen LogP contribution in [0, 0.1) is 5.82 Å². The third kappa shape index (κ3) is 4.43. The minimum atomic E-state index is -0.374. The first kappa shape index (κ1) is 13.5. The highest BCUT2D eigenvalue weighted by Crippen LogP contribution is 2.18. The average Bonchev–Trinajstić information content (AvgIpc) is 2.29. The lowest BCUT2D eigenvalue weighted by Gasteiger charge is -2.05. The summed E-state index contributed by atoms with van der Waals surface area (Å²) in [6, 6.07) is 4.83. The zero-order valence-corrected chi connectivity index (χ0v) is 10.2. The van der Waals surface area contributed by atoms with Gasteiger partial charge in [-0.05, 0) is 37.5 Å². The number of carbonyl (C=O) groups excluding carboxylic acids is 1. The normalized spacial score (nSPS) is 10.1. The molecule has 0 saturated heterocycles. The number of hydrogen-bond donors (Lipinski definition) is 0. The Morgan fingerprint density at radius 1 is 1.41 bits per heavy atom. The average molecular weight is 240 g/mol. The lowest BCUT2D eigenvalue weighted by atomic mass is 10.1. The molecule has 0 spiro atoms. The molecule has 0 aliphatic carbocycles. The molecular formula is C13H17FO3. The molecule has 0 aliphatic heterocycles. The standard InChI is InChI=1S/C13H17FO3/c1-3-17-13(15)6-4-5-10-7-8-12(16-2)11(14)9-10/h7-9H,3-6H2,1-2H3. The van der Waals surface area contributed by atoms with Gasteiger partial charge in [0, 0.05) is 6.42 Å². The highest BCUT2D eigenvalue weighted by atomic mass is 19.1. The third-order valence-electron chi connectivity index (χ3n) is 2.37. The van der Waals surface area contributed by atoms with Crippen molar-refractivity contribution in [2.24, 2.45) is 0 Å². The molecule has 0 unspecified atom stereocenters. The van der Waals surface area contributed by atoms with Crippen molar-refractivity contribution in [3.05, 3.63) is 29.6 Å². The van der Waals surface area contributed by atoms with Gasteiger partial charge in [0.2, 0.25) is 0 Å². The highest BCUT2D eigenvalue weighted by Gasteiger charge is 2.05.